The number of nitrogens with one attached hydrogen (secondary N) is 2. The molecule has 0 atom stereocenters. The molecule has 2 heterocycles. The van der Waals surface area contributed by atoms with Crippen LogP contribution in [-0.4, -0.2) is 48.0 Å². The average Bonchev–Trinajstić information content (AvgIpc) is 3.35. The summed E-state index contributed by atoms with van der Waals surface area (Å²) in [6.45, 7) is 4.71. The number of carbonyl (C=O) groups is 2. The smallest absolute Gasteiger partial charge is 0.293 e. The minimum atomic E-state index is -0.426. The Morgan fingerprint density at radius 1 is 1.00 bits per heavy atom. The van der Waals surface area contributed by atoms with E-state index < -0.39 is 5.91 Å². The first kappa shape index (κ1) is 24.0. The number of anilines is 2. The van der Waals surface area contributed by atoms with Crippen LogP contribution in [0.15, 0.2) is 69.6 Å². The van der Waals surface area contributed by atoms with Crippen LogP contribution >= 0.6 is 28.1 Å². The number of amides is 2. The van der Waals surface area contributed by atoms with Gasteiger partial charge in [-0.25, -0.2) is 0 Å². The number of benzene rings is 2. The second kappa shape index (κ2) is 10.8. The van der Waals surface area contributed by atoms with E-state index in [0.29, 0.717) is 25.3 Å². The van der Waals surface area contributed by atoms with Gasteiger partial charge >= 0.3 is 0 Å². The minimum absolute atomic E-state index is 0.173. The molecular weight excluding hydrogens is 516 g/mol. The fourth-order valence-corrected chi connectivity index (χ4v) is 4.29. The Hall–Kier alpha value is -3.17. The molecule has 1 aromatic heterocycles. The van der Waals surface area contributed by atoms with Crippen LogP contribution in [0.1, 0.15) is 23.9 Å². The predicted octanol–water partition coefficient (Wildman–Crippen LogP) is 4.89. The first-order valence-electron chi connectivity index (χ1n) is 11.0. The second-order valence-corrected chi connectivity index (χ2v) is 9.14. The van der Waals surface area contributed by atoms with Crippen molar-refractivity contribution in [2.24, 2.45) is 0 Å². The highest BCUT2D eigenvalue weighted by Crippen LogP contribution is 2.27. The summed E-state index contributed by atoms with van der Waals surface area (Å²) >= 11 is 8.80. The van der Waals surface area contributed by atoms with Gasteiger partial charge in [0.05, 0.1) is 11.4 Å². The fraction of sp³-hybridized carbons (Fsp3) is 0.240. The molecule has 0 aliphatic carbocycles. The van der Waals surface area contributed by atoms with Gasteiger partial charge < -0.3 is 19.5 Å². The third-order valence-corrected chi connectivity index (χ3v) is 6.35. The molecule has 0 spiro atoms. The van der Waals surface area contributed by atoms with Crippen LogP contribution in [0.5, 0.6) is 0 Å². The maximum absolute atomic E-state index is 12.7. The standard InChI is InChI=1S/C25H25BrN4O3S/c1-2-23(31)30-15-13-29(14-16-30)20-6-4-3-5-19(20)27-25(34)28-24(32)22-12-11-21(33-22)17-7-9-18(26)10-8-17/h3-12H,2,13-16H2,1H3,(H2,27,28,32,34). The van der Waals surface area contributed by atoms with Crippen molar-refractivity contribution in [3.8, 4) is 11.3 Å². The van der Waals surface area contributed by atoms with E-state index in [1.165, 1.54) is 0 Å². The lowest BCUT2D eigenvalue weighted by Crippen LogP contribution is -2.48. The number of nitrogens with zero attached hydrogens (tertiary/aromatic N) is 2. The fourth-order valence-electron chi connectivity index (χ4n) is 3.82. The summed E-state index contributed by atoms with van der Waals surface area (Å²) in [6.07, 6.45) is 0.520. The van der Waals surface area contributed by atoms with Crippen molar-refractivity contribution in [2.75, 3.05) is 36.4 Å². The first-order valence-corrected chi connectivity index (χ1v) is 12.2. The lowest BCUT2D eigenvalue weighted by molar-refractivity contribution is -0.131. The quantitative estimate of drug-likeness (QED) is 0.448. The Labute approximate surface area is 212 Å². The van der Waals surface area contributed by atoms with Gasteiger partial charge in [-0.1, -0.05) is 47.1 Å². The summed E-state index contributed by atoms with van der Waals surface area (Å²) in [5.74, 6) is 0.524. The lowest BCUT2D eigenvalue weighted by atomic mass is 10.2. The molecule has 0 unspecified atom stereocenters. The van der Waals surface area contributed by atoms with Crippen molar-refractivity contribution in [2.45, 2.75) is 13.3 Å². The Morgan fingerprint density at radius 3 is 2.41 bits per heavy atom. The zero-order valence-electron chi connectivity index (χ0n) is 18.7. The van der Waals surface area contributed by atoms with Crippen LogP contribution < -0.4 is 15.5 Å². The molecule has 9 heteroatoms. The second-order valence-electron chi connectivity index (χ2n) is 7.82. The van der Waals surface area contributed by atoms with Crippen LogP contribution in [0.3, 0.4) is 0 Å². The molecule has 1 fully saturated rings. The highest BCUT2D eigenvalue weighted by Gasteiger charge is 2.22. The number of hydrogen-bond acceptors (Lipinski definition) is 5. The maximum atomic E-state index is 12.7. The zero-order valence-corrected chi connectivity index (χ0v) is 21.1. The monoisotopic (exact) mass is 540 g/mol. The van der Waals surface area contributed by atoms with Crippen molar-refractivity contribution in [1.29, 1.82) is 0 Å². The molecule has 0 bridgehead atoms. The van der Waals surface area contributed by atoms with Crippen LogP contribution in [-0.2, 0) is 4.79 Å². The third-order valence-electron chi connectivity index (χ3n) is 5.61. The largest absolute Gasteiger partial charge is 0.451 e. The number of furan rings is 1. The number of para-hydroxylation sites is 2. The Kier molecular flexibility index (Phi) is 7.64. The van der Waals surface area contributed by atoms with E-state index in [1.54, 1.807) is 12.1 Å². The average molecular weight is 541 g/mol. The van der Waals surface area contributed by atoms with Gasteiger partial charge in [0.25, 0.3) is 5.91 Å². The highest BCUT2D eigenvalue weighted by molar-refractivity contribution is 9.10. The van der Waals surface area contributed by atoms with E-state index in [9.17, 15) is 9.59 Å². The number of rotatable bonds is 5. The Balaban J connectivity index is 1.38. The van der Waals surface area contributed by atoms with Gasteiger partial charge in [0, 0.05) is 42.6 Å². The Morgan fingerprint density at radius 2 is 1.71 bits per heavy atom. The molecule has 0 saturated carbocycles. The summed E-state index contributed by atoms with van der Waals surface area (Å²) < 4.78 is 6.69. The van der Waals surface area contributed by atoms with Crippen molar-refractivity contribution in [1.82, 2.24) is 10.2 Å². The number of hydrogen-bond donors (Lipinski definition) is 2. The molecule has 1 aliphatic heterocycles. The third kappa shape index (κ3) is 5.66. The maximum Gasteiger partial charge on any atom is 0.293 e. The summed E-state index contributed by atoms with van der Waals surface area (Å²) in [6, 6.07) is 18.8. The van der Waals surface area contributed by atoms with Crippen LogP contribution in [0, 0.1) is 0 Å². The first-order chi connectivity index (χ1) is 16.4. The minimum Gasteiger partial charge on any atom is -0.451 e. The molecule has 7 nitrogen and oxygen atoms in total. The van der Waals surface area contributed by atoms with Gasteiger partial charge in [-0.3, -0.25) is 14.9 Å². The Bertz CT molecular complexity index is 1190. The van der Waals surface area contributed by atoms with Gasteiger partial charge in [0.15, 0.2) is 10.9 Å². The van der Waals surface area contributed by atoms with Gasteiger partial charge in [-0.05, 0) is 48.6 Å². The molecule has 0 radical (unpaired) electrons. The van der Waals surface area contributed by atoms with E-state index in [4.69, 9.17) is 16.6 Å². The predicted molar refractivity (Wildman–Crippen MR) is 141 cm³/mol. The van der Waals surface area contributed by atoms with Crippen LogP contribution in [0.25, 0.3) is 11.3 Å². The molecule has 2 aromatic carbocycles. The molecule has 2 amide bonds. The summed E-state index contributed by atoms with van der Waals surface area (Å²) in [5.41, 5.74) is 2.63. The number of thiocarbonyl (C=S) groups is 1. The van der Waals surface area contributed by atoms with Crippen molar-refractivity contribution in [3.63, 3.8) is 0 Å². The van der Waals surface area contributed by atoms with Crippen LogP contribution in [0.4, 0.5) is 11.4 Å². The van der Waals surface area contributed by atoms with E-state index in [0.717, 1.165) is 34.5 Å². The molecular formula is C25H25BrN4O3S. The molecule has 1 aliphatic rings. The summed E-state index contributed by atoms with van der Waals surface area (Å²) in [7, 11) is 0. The molecule has 176 valence electrons. The number of piperazine rings is 1. The van der Waals surface area contributed by atoms with Gasteiger partial charge in [0.2, 0.25) is 5.91 Å². The summed E-state index contributed by atoms with van der Waals surface area (Å²) in [5, 5.41) is 6.00. The van der Waals surface area contributed by atoms with Crippen LogP contribution in [0.2, 0.25) is 0 Å². The van der Waals surface area contributed by atoms with Crippen molar-refractivity contribution in [3.05, 3.63) is 70.9 Å². The summed E-state index contributed by atoms with van der Waals surface area (Å²) in [4.78, 5) is 28.7. The SMILES string of the molecule is CCC(=O)N1CCN(c2ccccc2NC(=S)NC(=O)c2ccc(-c3ccc(Br)cc3)o2)CC1. The molecule has 4 rings (SSSR count). The zero-order chi connectivity index (χ0) is 24.1. The molecule has 2 N–H and O–H groups in total. The van der Waals surface area contributed by atoms with Crippen molar-refractivity contribution < 1.29 is 14.0 Å². The molecule has 34 heavy (non-hydrogen) atoms. The van der Waals surface area contributed by atoms with Crippen molar-refractivity contribution >= 4 is 56.4 Å². The van der Waals surface area contributed by atoms with Gasteiger partial charge in [0.1, 0.15) is 5.76 Å². The number of halogens is 1. The van der Waals surface area contributed by atoms with E-state index in [-0.39, 0.29) is 16.8 Å². The normalized spacial score (nSPS) is 13.5. The van der Waals surface area contributed by atoms with E-state index in [2.05, 4.69) is 31.5 Å². The topological polar surface area (TPSA) is 77.8 Å². The van der Waals surface area contributed by atoms with Gasteiger partial charge in [-0.15, -0.1) is 0 Å². The molecule has 1 saturated heterocycles. The number of carbonyl (C=O) groups excluding carboxylic acids is 2. The van der Waals surface area contributed by atoms with E-state index >= 15 is 0 Å². The highest BCUT2D eigenvalue weighted by atomic mass is 79.9. The van der Waals surface area contributed by atoms with E-state index in [1.807, 2.05) is 60.4 Å². The molecule has 3 aromatic rings. The van der Waals surface area contributed by atoms with Gasteiger partial charge in [-0.2, -0.15) is 0 Å². The lowest BCUT2D eigenvalue weighted by Gasteiger charge is -2.37.